The molecule has 0 aliphatic carbocycles. The summed E-state index contributed by atoms with van der Waals surface area (Å²) in [6.45, 7) is 1.24. The average molecular weight is 461 g/mol. The molecule has 166 valence electrons. The number of para-hydroxylation sites is 1. The van der Waals surface area contributed by atoms with Crippen LogP contribution in [0.2, 0.25) is 0 Å². The van der Waals surface area contributed by atoms with Crippen LogP contribution in [0.5, 0.6) is 5.75 Å². The van der Waals surface area contributed by atoms with Crippen LogP contribution in [0.4, 0.5) is 5.82 Å². The molecule has 4 rings (SSSR count). The van der Waals surface area contributed by atoms with E-state index in [1.807, 2.05) is 12.1 Å². The van der Waals surface area contributed by atoms with Crippen LogP contribution >= 0.6 is 11.9 Å². The first-order valence-electron chi connectivity index (χ1n) is 9.91. The second-order valence-corrected chi connectivity index (χ2v) is 8.08. The van der Waals surface area contributed by atoms with Gasteiger partial charge in [0.05, 0.1) is 0 Å². The lowest BCUT2D eigenvalue weighted by Crippen LogP contribution is -2.29. The largest absolute Gasteiger partial charge is 0.426 e. The van der Waals surface area contributed by atoms with Crippen molar-refractivity contribution in [3.8, 4) is 5.75 Å². The number of hydrogen-bond donors (Lipinski definition) is 1. The minimum absolute atomic E-state index is 0.0584. The molecule has 0 atom stereocenters. The maximum atomic E-state index is 13.2. The van der Waals surface area contributed by atoms with E-state index >= 15 is 0 Å². The van der Waals surface area contributed by atoms with Crippen molar-refractivity contribution in [2.24, 2.45) is 0 Å². The van der Waals surface area contributed by atoms with Crippen molar-refractivity contribution in [3.05, 3.63) is 89.8 Å². The molecule has 1 amide bonds. The number of hydrogen-bond acceptors (Lipinski definition) is 8. The maximum Gasteiger partial charge on any atom is 0.347 e. The molecule has 0 unspecified atom stereocenters. The van der Waals surface area contributed by atoms with Crippen molar-refractivity contribution in [2.75, 3.05) is 12.4 Å². The van der Waals surface area contributed by atoms with Crippen LogP contribution in [-0.2, 0) is 14.3 Å². The summed E-state index contributed by atoms with van der Waals surface area (Å²) < 4.78 is 12.5. The minimum Gasteiger partial charge on any atom is -0.426 e. The number of amides is 1. The number of carbonyl (C=O) groups excluding carboxylic acids is 3. The van der Waals surface area contributed by atoms with Gasteiger partial charge in [0.2, 0.25) is 0 Å². The number of pyridine rings is 1. The first-order valence-corrected chi connectivity index (χ1v) is 10.7. The van der Waals surface area contributed by atoms with Gasteiger partial charge in [-0.3, -0.25) is 9.59 Å². The van der Waals surface area contributed by atoms with Crippen LogP contribution in [0.1, 0.15) is 22.8 Å². The van der Waals surface area contributed by atoms with Gasteiger partial charge in [-0.2, -0.15) is 0 Å². The van der Waals surface area contributed by atoms with E-state index in [2.05, 4.69) is 10.3 Å². The Morgan fingerprint density at radius 3 is 2.42 bits per heavy atom. The molecule has 8 nitrogen and oxygen atoms in total. The molecule has 1 aromatic heterocycles. The van der Waals surface area contributed by atoms with E-state index in [1.165, 1.54) is 31.0 Å². The van der Waals surface area contributed by atoms with Gasteiger partial charge in [0, 0.05) is 30.6 Å². The van der Waals surface area contributed by atoms with Crippen molar-refractivity contribution in [3.63, 3.8) is 0 Å². The van der Waals surface area contributed by atoms with Crippen molar-refractivity contribution in [1.82, 2.24) is 9.29 Å². The molecule has 1 N–H and O–H groups in total. The SMILES string of the molecule is CC(=O)Oc1ccccc1C(=O)OC1=C(C(=O)Nc2ccccn2)N(C)Sc2ccccc21. The van der Waals surface area contributed by atoms with Crippen LogP contribution in [0.15, 0.2) is 83.5 Å². The Labute approximate surface area is 194 Å². The third-order valence-corrected chi connectivity index (χ3v) is 5.58. The highest BCUT2D eigenvalue weighted by atomic mass is 32.2. The quantitative estimate of drug-likeness (QED) is 0.344. The van der Waals surface area contributed by atoms with Gasteiger partial charge in [-0.15, -0.1) is 0 Å². The van der Waals surface area contributed by atoms with Crippen LogP contribution < -0.4 is 10.1 Å². The molecule has 0 spiro atoms. The Balaban J connectivity index is 1.75. The number of nitrogens with one attached hydrogen (secondary N) is 1. The van der Waals surface area contributed by atoms with E-state index < -0.39 is 17.8 Å². The smallest absolute Gasteiger partial charge is 0.347 e. The zero-order valence-corrected chi connectivity index (χ0v) is 18.6. The Morgan fingerprint density at radius 1 is 0.939 bits per heavy atom. The number of ether oxygens (including phenoxy) is 2. The van der Waals surface area contributed by atoms with Gasteiger partial charge in [-0.05, 0) is 48.3 Å². The Morgan fingerprint density at radius 2 is 1.67 bits per heavy atom. The van der Waals surface area contributed by atoms with E-state index in [0.717, 1.165) is 4.90 Å². The van der Waals surface area contributed by atoms with Crippen molar-refractivity contribution < 1.29 is 23.9 Å². The number of anilines is 1. The number of rotatable bonds is 5. The van der Waals surface area contributed by atoms with E-state index in [9.17, 15) is 14.4 Å². The minimum atomic E-state index is -0.764. The first kappa shape index (κ1) is 22.1. The molecule has 33 heavy (non-hydrogen) atoms. The van der Waals surface area contributed by atoms with Gasteiger partial charge in [-0.1, -0.05) is 30.3 Å². The third kappa shape index (κ3) is 4.88. The Bertz CT molecular complexity index is 1260. The number of fused-ring (bicyclic) bond motifs is 1. The molecular formula is C24H19N3O5S. The predicted molar refractivity (Wildman–Crippen MR) is 123 cm³/mol. The lowest BCUT2D eigenvalue weighted by Gasteiger charge is -2.29. The number of esters is 2. The number of likely N-dealkylation sites (N-methyl/N-ethyl adjacent to an activating group) is 1. The van der Waals surface area contributed by atoms with Gasteiger partial charge in [0.15, 0.2) is 11.5 Å². The second-order valence-electron chi connectivity index (χ2n) is 6.91. The fraction of sp³-hybridized carbons (Fsp3) is 0.0833. The van der Waals surface area contributed by atoms with Crippen molar-refractivity contribution in [2.45, 2.75) is 11.8 Å². The standard InChI is InChI=1S/C24H19N3O5S/c1-15(28)31-18-11-5-3-9-16(18)24(30)32-22-17-10-4-6-12-19(17)33-27(2)21(22)23(29)26-20-13-7-8-14-25-20/h3-14H,1-2H3,(H,25,26,29). The Kier molecular flexibility index (Phi) is 6.41. The summed E-state index contributed by atoms with van der Waals surface area (Å²) in [5.74, 6) is -1.30. The van der Waals surface area contributed by atoms with Gasteiger partial charge >= 0.3 is 11.9 Å². The molecule has 1 aliphatic heterocycles. The van der Waals surface area contributed by atoms with Crippen LogP contribution in [0, 0.1) is 0 Å². The normalized spacial score (nSPS) is 12.6. The maximum absolute atomic E-state index is 13.2. The van der Waals surface area contributed by atoms with Crippen molar-refractivity contribution in [1.29, 1.82) is 0 Å². The molecule has 9 heteroatoms. The number of nitrogens with zero attached hydrogens (tertiary/aromatic N) is 2. The van der Waals surface area contributed by atoms with Crippen LogP contribution in [-0.4, -0.2) is 34.2 Å². The molecule has 2 aromatic carbocycles. The Hall–Kier alpha value is -4.11. The van der Waals surface area contributed by atoms with E-state index in [1.54, 1.807) is 60.0 Å². The molecule has 0 bridgehead atoms. The van der Waals surface area contributed by atoms with E-state index in [4.69, 9.17) is 9.47 Å². The highest BCUT2D eigenvalue weighted by Crippen LogP contribution is 2.41. The molecular weight excluding hydrogens is 442 g/mol. The molecule has 0 saturated carbocycles. The second kappa shape index (κ2) is 9.58. The zero-order valence-electron chi connectivity index (χ0n) is 17.8. The third-order valence-electron chi connectivity index (χ3n) is 4.57. The van der Waals surface area contributed by atoms with Gasteiger partial charge in [0.25, 0.3) is 5.91 Å². The zero-order chi connectivity index (χ0) is 23.4. The molecule has 1 aliphatic rings. The van der Waals surface area contributed by atoms with E-state index in [0.29, 0.717) is 11.4 Å². The highest BCUT2D eigenvalue weighted by Gasteiger charge is 2.32. The van der Waals surface area contributed by atoms with Gasteiger partial charge < -0.3 is 19.1 Å². The van der Waals surface area contributed by atoms with E-state index in [-0.39, 0.29) is 22.8 Å². The molecule has 0 fully saturated rings. The predicted octanol–water partition coefficient (Wildman–Crippen LogP) is 4.12. The number of aromatic nitrogens is 1. The average Bonchev–Trinajstić information content (AvgIpc) is 2.79. The molecule has 2 heterocycles. The van der Waals surface area contributed by atoms with Crippen LogP contribution in [0.3, 0.4) is 0 Å². The first-order chi connectivity index (χ1) is 15.9. The lowest BCUT2D eigenvalue weighted by atomic mass is 10.1. The summed E-state index contributed by atoms with van der Waals surface area (Å²) in [6.07, 6.45) is 1.56. The summed E-state index contributed by atoms with van der Waals surface area (Å²) in [6, 6.07) is 18.7. The number of carbonyl (C=O) groups is 3. The molecule has 0 radical (unpaired) electrons. The molecule has 0 saturated heterocycles. The topological polar surface area (TPSA) is 97.8 Å². The summed E-state index contributed by atoms with van der Waals surface area (Å²) in [4.78, 5) is 42.7. The van der Waals surface area contributed by atoms with Gasteiger partial charge in [-0.25, -0.2) is 9.78 Å². The summed E-state index contributed by atoms with van der Waals surface area (Å²) in [5, 5.41) is 2.73. The lowest BCUT2D eigenvalue weighted by molar-refractivity contribution is -0.131. The van der Waals surface area contributed by atoms with Crippen molar-refractivity contribution >= 4 is 41.4 Å². The summed E-state index contributed by atoms with van der Waals surface area (Å²) in [7, 11) is 1.70. The fourth-order valence-electron chi connectivity index (χ4n) is 3.19. The van der Waals surface area contributed by atoms with Crippen LogP contribution in [0.25, 0.3) is 5.76 Å². The number of benzene rings is 2. The monoisotopic (exact) mass is 461 g/mol. The van der Waals surface area contributed by atoms with Gasteiger partial charge in [0.1, 0.15) is 17.1 Å². The summed E-state index contributed by atoms with van der Waals surface area (Å²) >= 11 is 1.33. The fourth-order valence-corrected chi connectivity index (χ4v) is 4.14. The molecule has 3 aromatic rings. The highest BCUT2D eigenvalue weighted by molar-refractivity contribution is 7.97. The summed E-state index contributed by atoms with van der Waals surface area (Å²) in [5.41, 5.74) is 0.788.